The Labute approximate surface area is 139 Å². The van der Waals surface area contributed by atoms with Gasteiger partial charge in [0, 0.05) is 0 Å². The molecule has 0 radical (unpaired) electrons. The van der Waals surface area contributed by atoms with Crippen LogP contribution in [0.5, 0.6) is 0 Å². The minimum absolute atomic E-state index is 0.420. The quantitative estimate of drug-likeness (QED) is 0.561. The van der Waals surface area contributed by atoms with Crippen molar-refractivity contribution < 1.29 is 8.78 Å². The van der Waals surface area contributed by atoms with Gasteiger partial charge in [-0.05, 0) is 79.9 Å². The first-order valence-electron chi connectivity index (χ1n) is 9.59. The summed E-state index contributed by atoms with van der Waals surface area (Å²) < 4.78 is 26.6. The van der Waals surface area contributed by atoms with Gasteiger partial charge in [0.25, 0.3) is 0 Å². The van der Waals surface area contributed by atoms with E-state index >= 15 is 0 Å². The van der Waals surface area contributed by atoms with Crippen LogP contribution in [0.2, 0.25) is 0 Å². The minimum atomic E-state index is -0.730. The highest BCUT2D eigenvalue weighted by Gasteiger charge is 2.40. The SMILES string of the molecule is CCCC1(C2CCC(c3ccc(F)c(F)c3)CC2)CCCCC1. The Hall–Kier alpha value is -0.920. The van der Waals surface area contributed by atoms with Crippen molar-refractivity contribution in [2.75, 3.05) is 0 Å². The van der Waals surface area contributed by atoms with E-state index in [1.54, 1.807) is 6.07 Å². The molecule has 3 rings (SSSR count). The summed E-state index contributed by atoms with van der Waals surface area (Å²) in [6.45, 7) is 2.32. The fourth-order valence-corrected chi connectivity index (χ4v) is 5.42. The van der Waals surface area contributed by atoms with Crippen molar-refractivity contribution in [2.24, 2.45) is 11.3 Å². The van der Waals surface area contributed by atoms with E-state index < -0.39 is 11.6 Å². The lowest BCUT2D eigenvalue weighted by atomic mass is 9.58. The molecule has 0 spiro atoms. The Morgan fingerprint density at radius 2 is 1.65 bits per heavy atom. The van der Waals surface area contributed by atoms with Crippen molar-refractivity contribution in [3.8, 4) is 0 Å². The Bertz CT molecular complexity index is 503. The molecule has 0 bridgehead atoms. The fraction of sp³-hybridized carbons (Fsp3) is 0.714. The molecule has 0 heterocycles. The molecule has 0 unspecified atom stereocenters. The van der Waals surface area contributed by atoms with Gasteiger partial charge in [0.2, 0.25) is 0 Å². The molecule has 1 aromatic rings. The molecule has 0 nitrogen and oxygen atoms in total. The van der Waals surface area contributed by atoms with Gasteiger partial charge >= 0.3 is 0 Å². The number of hydrogen-bond acceptors (Lipinski definition) is 0. The maximum Gasteiger partial charge on any atom is 0.159 e. The standard InChI is InChI=1S/C21H30F2/c1-2-12-21(13-4-3-5-14-21)18-9-6-16(7-10-18)17-8-11-19(22)20(23)15-17/h8,11,15-16,18H,2-7,9-10,12-14H2,1H3. The molecule has 128 valence electrons. The molecule has 2 heteroatoms. The zero-order valence-electron chi connectivity index (χ0n) is 14.4. The highest BCUT2D eigenvalue weighted by molar-refractivity contribution is 5.22. The van der Waals surface area contributed by atoms with Crippen LogP contribution in [0.1, 0.15) is 89.0 Å². The summed E-state index contributed by atoms with van der Waals surface area (Å²) in [4.78, 5) is 0. The zero-order valence-corrected chi connectivity index (χ0v) is 14.4. The molecule has 1 aromatic carbocycles. The van der Waals surface area contributed by atoms with E-state index in [1.165, 1.54) is 69.9 Å². The van der Waals surface area contributed by atoms with E-state index in [-0.39, 0.29) is 0 Å². The minimum Gasteiger partial charge on any atom is -0.204 e. The Morgan fingerprint density at radius 1 is 0.957 bits per heavy atom. The van der Waals surface area contributed by atoms with Gasteiger partial charge in [-0.15, -0.1) is 0 Å². The van der Waals surface area contributed by atoms with Crippen molar-refractivity contribution in [1.82, 2.24) is 0 Å². The van der Waals surface area contributed by atoms with Gasteiger partial charge in [0.15, 0.2) is 11.6 Å². The normalized spacial score (nSPS) is 27.8. The van der Waals surface area contributed by atoms with Crippen LogP contribution in [0.25, 0.3) is 0 Å². The third kappa shape index (κ3) is 3.61. The van der Waals surface area contributed by atoms with Crippen molar-refractivity contribution in [2.45, 2.75) is 83.5 Å². The molecule has 0 aliphatic heterocycles. The van der Waals surface area contributed by atoms with Gasteiger partial charge < -0.3 is 0 Å². The Balaban J connectivity index is 1.66. The summed E-state index contributed by atoms with van der Waals surface area (Å²) in [5.74, 6) is -0.154. The summed E-state index contributed by atoms with van der Waals surface area (Å²) >= 11 is 0. The molecule has 2 aliphatic rings. The van der Waals surface area contributed by atoms with Gasteiger partial charge in [-0.1, -0.05) is 38.7 Å². The zero-order chi connectivity index (χ0) is 16.3. The molecule has 0 N–H and O–H groups in total. The molecule has 0 atom stereocenters. The average molecular weight is 320 g/mol. The van der Waals surface area contributed by atoms with E-state index in [0.717, 1.165) is 24.3 Å². The summed E-state index contributed by atoms with van der Waals surface area (Å²) in [6, 6.07) is 4.49. The first kappa shape index (κ1) is 16.9. The Morgan fingerprint density at radius 3 is 2.26 bits per heavy atom. The second kappa shape index (κ2) is 7.32. The number of benzene rings is 1. The average Bonchev–Trinajstić information content (AvgIpc) is 2.59. The van der Waals surface area contributed by atoms with Crippen LogP contribution >= 0.6 is 0 Å². The summed E-state index contributed by atoms with van der Waals surface area (Å²) in [5.41, 5.74) is 1.59. The molecule has 0 amide bonds. The molecule has 2 fully saturated rings. The third-order valence-electron chi connectivity index (χ3n) is 6.61. The topological polar surface area (TPSA) is 0 Å². The third-order valence-corrected chi connectivity index (χ3v) is 6.61. The van der Waals surface area contributed by atoms with Crippen LogP contribution in [0.3, 0.4) is 0 Å². The fourth-order valence-electron chi connectivity index (χ4n) is 5.42. The van der Waals surface area contributed by atoms with Crippen LogP contribution in [0.15, 0.2) is 18.2 Å². The van der Waals surface area contributed by atoms with Gasteiger partial charge in [0.05, 0.1) is 0 Å². The highest BCUT2D eigenvalue weighted by Crippen LogP contribution is 2.52. The summed E-state index contributed by atoms with van der Waals surface area (Å²) in [6.07, 6.45) is 14.6. The van der Waals surface area contributed by atoms with Gasteiger partial charge in [-0.2, -0.15) is 0 Å². The van der Waals surface area contributed by atoms with Crippen molar-refractivity contribution >= 4 is 0 Å². The first-order valence-corrected chi connectivity index (χ1v) is 9.59. The molecule has 23 heavy (non-hydrogen) atoms. The monoisotopic (exact) mass is 320 g/mol. The molecular formula is C21H30F2. The van der Waals surface area contributed by atoms with Crippen LogP contribution in [-0.2, 0) is 0 Å². The Kier molecular flexibility index (Phi) is 5.38. The van der Waals surface area contributed by atoms with Crippen molar-refractivity contribution in [1.29, 1.82) is 0 Å². The van der Waals surface area contributed by atoms with Crippen molar-refractivity contribution in [3.63, 3.8) is 0 Å². The van der Waals surface area contributed by atoms with Crippen LogP contribution < -0.4 is 0 Å². The molecule has 2 aliphatic carbocycles. The lowest BCUT2D eigenvalue weighted by Gasteiger charge is -2.47. The highest BCUT2D eigenvalue weighted by atomic mass is 19.2. The summed E-state index contributed by atoms with van der Waals surface area (Å²) in [5, 5.41) is 0. The van der Waals surface area contributed by atoms with Crippen LogP contribution in [-0.4, -0.2) is 0 Å². The number of hydrogen-bond donors (Lipinski definition) is 0. The predicted octanol–water partition coefficient (Wildman–Crippen LogP) is 6.99. The van der Waals surface area contributed by atoms with Gasteiger partial charge in [-0.3, -0.25) is 0 Å². The van der Waals surface area contributed by atoms with E-state index in [0.29, 0.717) is 11.3 Å². The summed E-state index contributed by atoms with van der Waals surface area (Å²) in [7, 11) is 0. The van der Waals surface area contributed by atoms with Crippen molar-refractivity contribution in [3.05, 3.63) is 35.4 Å². The molecule has 2 saturated carbocycles. The van der Waals surface area contributed by atoms with E-state index in [2.05, 4.69) is 6.92 Å². The van der Waals surface area contributed by atoms with Gasteiger partial charge in [0.1, 0.15) is 0 Å². The number of halogens is 2. The van der Waals surface area contributed by atoms with Gasteiger partial charge in [-0.25, -0.2) is 8.78 Å². The molecule has 0 saturated heterocycles. The van der Waals surface area contributed by atoms with Crippen LogP contribution in [0, 0.1) is 23.0 Å². The maximum atomic E-state index is 13.5. The predicted molar refractivity (Wildman–Crippen MR) is 91.5 cm³/mol. The maximum absolute atomic E-state index is 13.5. The molecular weight excluding hydrogens is 290 g/mol. The van der Waals surface area contributed by atoms with Crippen LogP contribution in [0.4, 0.5) is 8.78 Å². The molecule has 0 aromatic heterocycles. The largest absolute Gasteiger partial charge is 0.204 e. The lowest BCUT2D eigenvalue weighted by Crippen LogP contribution is -2.35. The number of rotatable bonds is 4. The first-order chi connectivity index (χ1) is 11.1. The second-order valence-electron chi connectivity index (χ2n) is 7.90. The van der Waals surface area contributed by atoms with E-state index in [4.69, 9.17) is 0 Å². The smallest absolute Gasteiger partial charge is 0.159 e. The second-order valence-corrected chi connectivity index (χ2v) is 7.90. The lowest BCUT2D eigenvalue weighted by molar-refractivity contribution is 0.0526. The van der Waals surface area contributed by atoms with E-state index in [1.807, 2.05) is 0 Å². The van der Waals surface area contributed by atoms with E-state index in [9.17, 15) is 8.78 Å².